The van der Waals surface area contributed by atoms with Crippen LogP contribution in [0.4, 0.5) is 18.9 Å². The van der Waals surface area contributed by atoms with E-state index in [1.807, 2.05) is 0 Å². The van der Waals surface area contributed by atoms with Crippen molar-refractivity contribution < 1.29 is 27.9 Å². The molecule has 0 aromatic heterocycles. The van der Waals surface area contributed by atoms with Crippen LogP contribution in [0.15, 0.2) is 60.7 Å². The fourth-order valence-electron chi connectivity index (χ4n) is 2.52. The average molecular weight is 371 g/mol. The van der Waals surface area contributed by atoms with Crippen LogP contribution in [0.3, 0.4) is 0 Å². The van der Waals surface area contributed by atoms with Crippen molar-refractivity contribution in [2.45, 2.75) is 0 Å². The second-order valence-corrected chi connectivity index (χ2v) is 5.65. The van der Waals surface area contributed by atoms with E-state index in [1.54, 1.807) is 0 Å². The van der Waals surface area contributed by atoms with Gasteiger partial charge in [-0.05, 0) is 54.1 Å². The monoisotopic (exact) mass is 371 g/mol. The van der Waals surface area contributed by atoms with Crippen molar-refractivity contribution in [3.8, 4) is 11.1 Å². The highest BCUT2D eigenvalue weighted by atomic mass is 19.1. The molecule has 1 amide bonds. The largest absolute Gasteiger partial charge is 0.478 e. The summed E-state index contributed by atoms with van der Waals surface area (Å²) < 4.78 is 40.1. The molecular formula is C20H12F3NO3. The van der Waals surface area contributed by atoms with Gasteiger partial charge in [0.1, 0.15) is 17.5 Å². The van der Waals surface area contributed by atoms with Gasteiger partial charge in [-0.25, -0.2) is 18.0 Å². The van der Waals surface area contributed by atoms with E-state index in [9.17, 15) is 27.9 Å². The number of benzene rings is 3. The molecule has 3 rings (SSSR count). The highest BCUT2D eigenvalue weighted by Gasteiger charge is 2.16. The van der Waals surface area contributed by atoms with Crippen molar-refractivity contribution in [1.82, 2.24) is 0 Å². The molecule has 0 heterocycles. The predicted molar refractivity (Wildman–Crippen MR) is 93.1 cm³/mol. The van der Waals surface area contributed by atoms with E-state index in [-0.39, 0.29) is 27.9 Å². The van der Waals surface area contributed by atoms with Gasteiger partial charge in [-0.2, -0.15) is 0 Å². The summed E-state index contributed by atoms with van der Waals surface area (Å²) in [5.41, 5.74) is 0.137. The van der Waals surface area contributed by atoms with Gasteiger partial charge in [0.15, 0.2) is 0 Å². The summed E-state index contributed by atoms with van der Waals surface area (Å²) in [7, 11) is 0. The molecule has 136 valence electrons. The highest BCUT2D eigenvalue weighted by Crippen LogP contribution is 2.28. The zero-order valence-electron chi connectivity index (χ0n) is 13.7. The molecule has 0 aliphatic carbocycles. The fourth-order valence-corrected chi connectivity index (χ4v) is 2.52. The van der Waals surface area contributed by atoms with Crippen LogP contribution in [-0.2, 0) is 0 Å². The van der Waals surface area contributed by atoms with Gasteiger partial charge in [-0.15, -0.1) is 0 Å². The first-order chi connectivity index (χ1) is 12.8. The molecule has 0 spiro atoms. The van der Waals surface area contributed by atoms with Crippen molar-refractivity contribution >= 4 is 17.6 Å². The third-order valence-electron chi connectivity index (χ3n) is 3.85. The molecule has 27 heavy (non-hydrogen) atoms. The lowest BCUT2D eigenvalue weighted by Gasteiger charge is -2.12. The molecule has 0 saturated carbocycles. The number of rotatable bonds is 4. The second-order valence-electron chi connectivity index (χ2n) is 5.65. The number of carbonyl (C=O) groups excluding carboxylic acids is 1. The van der Waals surface area contributed by atoms with Crippen LogP contribution >= 0.6 is 0 Å². The van der Waals surface area contributed by atoms with Crippen molar-refractivity contribution in [3.63, 3.8) is 0 Å². The number of anilines is 1. The number of carbonyl (C=O) groups is 2. The molecule has 7 heteroatoms. The number of hydrogen-bond acceptors (Lipinski definition) is 2. The molecule has 0 aliphatic heterocycles. The molecular weight excluding hydrogens is 359 g/mol. The van der Waals surface area contributed by atoms with Crippen LogP contribution in [-0.4, -0.2) is 17.0 Å². The smallest absolute Gasteiger partial charge is 0.337 e. The van der Waals surface area contributed by atoms with E-state index in [4.69, 9.17) is 0 Å². The summed E-state index contributed by atoms with van der Waals surface area (Å²) in [6.07, 6.45) is 0. The van der Waals surface area contributed by atoms with Gasteiger partial charge >= 0.3 is 5.97 Å². The lowest BCUT2D eigenvalue weighted by molar-refractivity contribution is 0.0698. The Balaban J connectivity index is 2.00. The first-order valence-corrected chi connectivity index (χ1v) is 7.75. The number of amides is 1. The Morgan fingerprint density at radius 2 is 1.48 bits per heavy atom. The Hall–Kier alpha value is -3.61. The summed E-state index contributed by atoms with van der Waals surface area (Å²) in [6, 6.07) is 11.5. The average Bonchev–Trinajstić information content (AvgIpc) is 2.62. The molecule has 0 aliphatic rings. The predicted octanol–water partition coefficient (Wildman–Crippen LogP) is 4.72. The van der Waals surface area contributed by atoms with Gasteiger partial charge in [-0.1, -0.05) is 6.07 Å². The van der Waals surface area contributed by atoms with Crippen molar-refractivity contribution in [3.05, 3.63) is 89.2 Å². The lowest BCUT2D eigenvalue weighted by atomic mass is 10.0. The molecule has 0 saturated heterocycles. The van der Waals surface area contributed by atoms with E-state index in [1.165, 1.54) is 36.4 Å². The highest BCUT2D eigenvalue weighted by molar-refractivity contribution is 6.08. The minimum atomic E-state index is -1.30. The number of carboxylic acids is 1. The van der Waals surface area contributed by atoms with E-state index in [2.05, 4.69) is 5.32 Å². The van der Waals surface area contributed by atoms with E-state index in [0.717, 1.165) is 18.2 Å². The van der Waals surface area contributed by atoms with Gasteiger partial charge < -0.3 is 10.4 Å². The first-order valence-electron chi connectivity index (χ1n) is 7.75. The molecule has 3 aromatic carbocycles. The quantitative estimate of drug-likeness (QED) is 0.697. The zero-order chi connectivity index (χ0) is 19.6. The molecule has 4 nitrogen and oxygen atoms in total. The Bertz CT molecular complexity index is 1030. The van der Waals surface area contributed by atoms with Gasteiger partial charge in [0.2, 0.25) is 0 Å². The van der Waals surface area contributed by atoms with Crippen LogP contribution in [0.1, 0.15) is 20.7 Å². The maximum absolute atomic E-state index is 14.0. The van der Waals surface area contributed by atoms with Crippen molar-refractivity contribution in [1.29, 1.82) is 0 Å². The minimum Gasteiger partial charge on any atom is -0.478 e. The minimum absolute atomic E-state index is 0.0469. The van der Waals surface area contributed by atoms with Crippen LogP contribution in [0.25, 0.3) is 11.1 Å². The first kappa shape index (κ1) is 18.2. The SMILES string of the molecule is O=C(Nc1cc(-c2ccc(F)cc2F)ccc1C(=O)O)c1ccc(F)cc1. The molecule has 0 bridgehead atoms. The Morgan fingerprint density at radius 1 is 0.815 bits per heavy atom. The van der Waals surface area contributed by atoms with Gasteiger partial charge in [0.25, 0.3) is 5.91 Å². The fraction of sp³-hybridized carbons (Fsp3) is 0. The number of carboxylic acid groups (broad SMARTS) is 1. The molecule has 0 unspecified atom stereocenters. The molecule has 0 atom stereocenters. The molecule has 2 N–H and O–H groups in total. The number of halogens is 3. The summed E-state index contributed by atoms with van der Waals surface area (Å²) in [5, 5.41) is 11.7. The van der Waals surface area contributed by atoms with Crippen LogP contribution < -0.4 is 5.32 Å². The Kier molecular flexibility index (Phi) is 4.94. The van der Waals surface area contributed by atoms with E-state index >= 15 is 0 Å². The van der Waals surface area contributed by atoms with Crippen LogP contribution in [0, 0.1) is 17.5 Å². The summed E-state index contributed by atoms with van der Waals surface area (Å²) in [4.78, 5) is 23.7. The number of hydrogen-bond donors (Lipinski definition) is 2. The number of nitrogens with one attached hydrogen (secondary N) is 1. The topological polar surface area (TPSA) is 66.4 Å². The van der Waals surface area contributed by atoms with Crippen LogP contribution in [0.2, 0.25) is 0 Å². The summed E-state index contributed by atoms with van der Waals surface area (Å²) >= 11 is 0. The molecule has 0 radical (unpaired) electrons. The second kappa shape index (κ2) is 7.33. The molecule has 3 aromatic rings. The summed E-state index contributed by atoms with van der Waals surface area (Å²) in [5.74, 6) is -4.05. The third kappa shape index (κ3) is 3.98. The van der Waals surface area contributed by atoms with E-state index in [0.29, 0.717) is 6.07 Å². The van der Waals surface area contributed by atoms with Crippen molar-refractivity contribution in [2.24, 2.45) is 0 Å². The maximum atomic E-state index is 14.0. The number of aromatic carboxylic acids is 1. The van der Waals surface area contributed by atoms with Gasteiger partial charge in [-0.3, -0.25) is 4.79 Å². The zero-order valence-corrected chi connectivity index (χ0v) is 13.7. The molecule has 0 fully saturated rings. The van der Waals surface area contributed by atoms with E-state index < -0.39 is 29.3 Å². The Morgan fingerprint density at radius 3 is 2.11 bits per heavy atom. The lowest BCUT2D eigenvalue weighted by Crippen LogP contribution is -2.15. The van der Waals surface area contributed by atoms with Crippen LogP contribution in [0.5, 0.6) is 0 Å². The Labute approximate surface area is 151 Å². The normalized spacial score (nSPS) is 10.5. The third-order valence-corrected chi connectivity index (χ3v) is 3.85. The standard InChI is InChI=1S/C20H12F3NO3/c21-13-4-1-11(2-5-13)19(25)24-18-9-12(3-7-16(18)20(26)27)15-8-6-14(22)10-17(15)23/h1-10H,(H,24,25)(H,26,27). The summed E-state index contributed by atoms with van der Waals surface area (Å²) in [6.45, 7) is 0. The van der Waals surface area contributed by atoms with Gasteiger partial charge in [0.05, 0.1) is 11.3 Å². The van der Waals surface area contributed by atoms with Gasteiger partial charge in [0, 0.05) is 17.2 Å². The van der Waals surface area contributed by atoms with Crippen molar-refractivity contribution in [2.75, 3.05) is 5.32 Å². The maximum Gasteiger partial charge on any atom is 0.337 e.